The summed E-state index contributed by atoms with van der Waals surface area (Å²) in [4.78, 5) is 35.1. The van der Waals surface area contributed by atoms with Crippen molar-refractivity contribution in [2.75, 3.05) is 0 Å². The van der Waals surface area contributed by atoms with Crippen LogP contribution in [0.1, 0.15) is 25.3 Å². The second-order valence-corrected chi connectivity index (χ2v) is 5.82. The highest BCUT2D eigenvalue weighted by Gasteiger charge is 2.17. The number of carbonyl (C=O) groups excluding carboxylic acids is 3. The normalized spacial score (nSPS) is 14.8. The number of nitrogens with one attached hydrogen (secondary N) is 2. The van der Waals surface area contributed by atoms with E-state index >= 15 is 0 Å². The number of amides is 2. The molecular weight excluding hydrogens is 332 g/mol. The van der Waals surface area contributed by atoms with E-state index in [0.29, 0.717) is 6.29 Å². The Morgan fingerprint density at radius 2 is 2.00 bits per heavy atom. The fourth-order valence-corrected chi connectivity index (χ4v) is 2.28. The minimum atomic E-state index is -0.850. The molecule has 0 bridgehead atoms. The minimum Gasteiger partial charge on any atom is -0.445 e. The Kier molecular flexibility index (Phi) is 7.36. The van der Waals surface area contributed by atoms with Crippen LogP contribution >= 0.6 is 0 Å². The largest absolute Gasteiger partial charge is 0.445 e. The second-order valence-electron chi connectivity index (χ2n) is 5.82. The number of ether oxygens (including phenoxy) is 1. The highest BCUT2D eigenvalue weighted by molar-refractivity contribution is 5.91. The Hall–Kier alpha value is -3.15. The number of alkyl carbamates (subject to hydrolysis) is 1. The zero-order valence-electron chi connectivity index (χ0n) is 14.6. The first kappa shape index (κ1) is 19.2. The van der Waals surface area contributed by atoms with Crippen molar-refractivity contribution < 1.29 is 19.1 Å². The lowest BCUT2D eigenvalue weighted by Gasteiger charge is -2.14. The van der Waals surface area contributed by atoms with E-state index in [0.717, 1.165) is 24.0 Å². The number of carbonyl (C=O) groups is 3. The van der Waals surface area contributed by atoms with E-state index in [2.05, 4.69) is 10.6 Å². The van der Waals surface area contributed by atoms with E-state index in [1.807, 2.05) is 48.6 Å². The highest BCUT2D eigenvalue weighted by Crippen LogP contribution is 2.11. The molecule has 0 radical (unpaired) electrons. The van der Waals surface area contributed by atoms with Gasteiger partial charge in [-0.15, -0.1) is 0 Å². The van der Waals surface area contributed by atoms with Crippen LogP contribution in [-0.2, 0) is 20.9 Å². The summed E-state index contributed by atoms with van der Waals surface area (Å²) in [6, 6.07) is 8.37. The van der Waals surface area contributed by atoms with Gasteiger partial charge in [-0.05, 0) is 37.0 Å². The Labute approximate surface area is 152 Å². The van der Waals surface area contributed by atoms with Crippen molar-refractivity contribution in [3.05, 3.63) is 71.5 Å². The number of hydrogen-bond donors (Lipinski definition) is 2. The number of benzene rings is 1. The van der Waals surface area contributed by atoms with Crippen molar-refractivity contribution in [3.8, 4) is 0 Å². The molecule has 1 aliphatic rings. The summed E-state index contributed by atoms with van der Waals surface area (Å²) in [5.74, 6) is -0.500. The SMILES string of the molecule is C[C@H](NC(=O)OCc1ccccc1)C(=O)N/C(C=O)=C/C1=CCCC=C1. The van der Waals surface area contributed by atoms with Crippen LogP contribution in [0.5, 0.6) is 0 Å². The molecule has 2 amide bonds. The Morgan fingerprint density at radius 1 is 1.23 bits per heavy atom. The summed E-state index contributed by atoms with van der Waals surface area (Å²) in [5.41, 5.74) is 1.85. The van der Waals surface area contributed by atoms with Gasteiger partial charge in [-0.1, -0.05) is 48.6 Å². The molecule has 26 heavy (non-hydrogen) atoms. The van der Waals surface area contributed by atoms with E-state index in [-0.39, 0.29) is 12.3 Å². The van der Waals surface area contributed by atoms with Crippen LogP contribution in [0.15, 0.2) is 65.9 Å². The molecule has 0 aliphatic heterocycles. The lowest BCUT2D eigenvalue weighted by molar-refractivity contribution is -0.122. The molecule has 0 saturated heterocycles. The van der Waals surface area contributed by atoms with Crippen molar-refractivity contribution >= 4 is 18.3 Å². The molecule has 2 N–H and O–H groups in total. The van der Waals surface area contributed by atoms with Crippen LogP contribution in [0.4, 0.5) is 4.79 Å². The molecule has 0 spiro atoms. The molecule has 0 fully saturated rings. The Morgan fingerprint density at radius 3 is 2.65 bits per heavy atom. The van der Waals surface area contributed by atoms with Crippen molar-refractivity contribution in [2.45, 2.75) is 32.4 Å². The molecule has 1 aliphatic carbocycles. The predicted molar refractivity (Wildman–Crippen MR) is 98.0 cm³/mol. The van der Waals surface area contributed by atoms with Gasteiger partial charge in [0.05, 0.1) is 5.70 Å². The third kappa shape index (κ3) is 6.39. The zero-order valence-corrected chi connectivity index (χ0v) is 14.6. The smallest absolute Gasteiger partial charge is 0.408 e. The van der Waals surface area contributed by atoms with Gasteiger partial charge in [-0.3, -0.25) is 9.59 Å². The average Bonchev–Trinajstić information content (AvgIpc) is 2.67. The quantitative estimate of drug-likeness (QED) is 0.582. The predicted octanol–water partition coefficient (Wildman–Crippen LogP) is 2.78. The molecule has 0 unspecified atom stereocenters. The first-order valence-corrected chi connectivity index (χ1v) is 8.40. The van der Waals surface area contributed by atoms with E-state index in [9.17, 15) is 14.4 Å². The van der Waals surface area contributed by atoms with E-state index in [1.54, 1.807) is 6.08 Å². The molecule has 6 heteroatoms. The summed E-state index contributed by atoms with van der Waals surface area (Å²) in [6.07, 6.45) is 9.21. The van der Waals surface area contributed by atoms with E-state index in [4.69, 9.17) is 4.74 Å². The van der Waals surface area contributed by atoms with Gasteiger partial charge in [-0.2, -0.15) is 0 Å². The first-order chi connectivity index (χ1) is 12.6. The zero-order chi connectivity index (χ0) is 18.8. The Balaban J connectivity index is 1.82. The maximum Gasteiger partial charge on any atom is 0.408 e. The average molecular weight is 354 g/mol. The lowest BCUT2D eigenvalue weighted by Crippen LogP contribution is -2.44. The third-order valence-corrected chi connectivity index (χ3v) is 3.68. The van der Waals surface area contributed by atoms with Gasteiger partial charge in [0.1, 0.15) is 12.6 Å². The van der Waals surface area contributed by atoms with Crippen molar-refractivity contribution in [1.82, 2.24) is 10.6 Å². The maximum absolute atomic E-state index is 12.1. The molecule has 1 aromatic rings. The van der Waals surface area contributed by atoms with Gasteiger partial charge in [0.2, 0.25) is 5.91 Å². The number of aldehydes is 1. The molecular formula is C20H22N2O4. The van der Waals surface area contributed by atoms with Gasteiger partial charge in [0.15, 0.2) is 6.29 Å². The molecule has 2 rings (SSSR count). The van der Waals surface area contributed by atoms with E-state index in [1.165, 1.54) is 6.92 Å². The molecule has 0 saturated carbocycles. The minimum absolute atomic E-state index is 0.112. The second kappa shape index (κ2) is 9.98. The monoisotopic (exact) mass is 354 g/mol. The molecule has 0 aromatic heterocycles. The number of hydrogen-bond acceptors (Lipinski definition) is 4. The van der Waals surface area contributed by atoms with Crippen LogP contribution < -0.4 is 10.6 Å². The van der Waals surface area contributed by atoms with Crippen LogP contribution in [0.2, 0.25) is 0 Å². The number of allylic oxidation sites excluding steroid dienone is 6. The highest BCUT2D eigenvalue weighted by atomic mass is 16.5. The van der Waals surface area contributed by atoms with Gasteiger partial charge >= 0.3 is 6.09 Å². The summed E-state index contributed by atoms with van der Waals surface area (Å²) in [6.45, 7) is 1.63. The number of rotatable bonds is 7. The van der Waals surface area contributed by atoms with Gasteiger partial charge in [-0.25, -0.2) is 4.79 Å². The van der Waals surface area contributed by atoms with Gasteiger partial charge in [0, 0.05) is 0 Å². The summed E-state index contributed by atoms with van der Waals surface area (Å²) >= 11 is 0. The fourth-order valence-electron chi connectivity index (χ4n) is 2.28. The van der Waals surface area contributed by atoms with Gasteiger partial charge < -0.3 is 15.4 Å². The van der Waals surface area contributed by atoms with Crippen molar-refractivity contribution in [3.63, 3.8) is 0 Å². The maximum atomic E-state index is 12.1. The molecule has 136 valence electrons. The molecule has 0 heterocycles. The third-order valence-electron chi connectivity index (χ3n) is 3.68. The summed E-state index contributed by atoms with van der Waals surface area (Å²) in [7, 11) is 0. The van der Waals surface area contributed by atoms with Gasteiger partial charge in [0.25, 0.3) is 0 Å². The van der Waals surface area contributed by atoms with E-state index < -0.39 is 18.0 Å². The molecule has 1 aromatic carbocycles. The first-order valence-electron chi connectivity index (χ1n) is 8.40. The molecule has 6 nitrogen and oxygen atoms in total. The summed E-state index contributed by atoms with van der Waals surface area (Å²) < 4.78 is 5.07. The fraction of sp³-hybridized carbons (Fsp3) is 0.250. The standard InChI is InChI=1S/C20H22N2O4/c1-15(21-20(25)26-14-17-10-6-3-7-11-17)19(24)22-18(13-23)12-16-8-4-2-5-9-16/h3-4,6-13,15H,2,5,14H2,1H3,(H,21,25)(H,22,24)/b18-12+/t15-/m0/s1. The summed E-state index contributed by atoms with van der Waals surface area (Å²) in [5, 5.41) is 4.94. The topological polar surface area (TPSA) is 84.5 Å². The van der Waals surface area contributed by atoms with Crippen LogP contribution in [0.3, 0.4) is 0 Å². The van der Waals surface area contributed by atoms with Crippen LogP contribution in [0, 0.1) is 0 Å². The molecule has 1 atom stereocenters. The Bertz CT molecular complexity index is 735. The van der Waals surface area contributed by atoms with Crippen LogP contribution in [0.25, 0.3) is 0 Å². The van der Waals surface area contributed by atoms with Crippen LogP contribution in [-0.4, -0.2) is 24.3 Å². The van der Waals surface area contributed by atoms with Crippen molar-refractivity contribution in [1.29, 1.82) is 0 Å². The lowest BCUT2D eigenvalue weighted by atomic mass is 10.1. The van der Waals surface area contributed by atoms with Crippen molar-refractivity contribution in [2.24, 2.45) is 0 Å².